The van der Waals surface area contributed by atoms with Crippen LogP contribution in [0.1, 0.15) is 19.8 Å². The number of hydrogen-bond acceptors (Lipinski definition) is 3. The van der Waals surface area contributed by atoms with Gasteiger partial charge in [-0.05, 0) is 19.8 Å². The molecule has 1 rings (SSSR count). The third-order valence-electron chi connectivity index (χ3n) is 1.95. The lowest BCUT2D eigenvalue weighted by molar-refractivity contribution is -0.140. The van der Waals surface area contributed by atoms with Crippen molar-refractivity contribution >= 4 is 5.78 Å². The van der Waals surface area contributed by atoms with Crippen LogP contribution in [0.2, 0.25) is 0 Å². The van der Waals surface area contributed by atoms with Crippen molar-refractivity contribution in [1.29, 1.82) is 0 Å². The van der Waals surface area contributed by atoms with Crippen LogP contribution in [-0.4, -0.2) is 29.7 Å². The fraction of sp³-hybridized carbons (Fsp3) is 0.857. The van der Waals surface area contributed by atoms with Gasteiger partial charge in [0.15, 0.2) is 5.78 Å². The van der Waals surface area contributed by atoms with Crippen LogP contribution < -0.4 is 0 Å². The quantitative estimate of drug-likeness (QED) is 0.598. The van der Waals surface area contributed by atoms with E-state index < -0.39 is 12.2 Å². The van der Waals surface area contributed by atoms with E-state index in [-0.39, 0.29) is 5.78 Å². The molecule has 1 unspecified atom stereocenters. The molecule has 1 fully saturated rings. The van der Waals surface area contributed by atoms with Crippen LogP contribution in [-0.2, 0) is 9.53 Å². The normalized spacial score (nSPS) is 32.6. The number of aliphatic hydroxyl groups is 1. The van der Waals surface area contributed by atoms with E-state index in [4.69, 9.17) is 9.84 Å². The van der Waals surface area contributed by atoms with Gasteiger partial charge < -0.3 is 9.84 Å². The van der Waals surface area contributed by atoms with Gasteiger partial charge in [-0.15, -0.1) is 0 Å². The lowest BCUT2D eigenvalue weighted by atomic mass is 9.98. The monoisotopic (exact) mass is 144 g/mol. The second-order valence-electron chi connectivity index (χ2n) is 2.76. The molecule has 3 heteroatoms. The second kappa shape index (κ2) is 2.68. The Morgan fingerprint density at radius 2 is 2.50 bits per heavy atom. The van der Waals surface area contributed by atoms with Crippen LogP contribution in [0.25, 0.3) is 0 Å². The number of hydrogen-bond donors (Lipinski definition) is 1. The highest BCUT2D eigenvalue weighted by molar-refractivity contribution is 5.88. The zero-order valence-electron chi connectivity index (χ0n) is 6.09. The Balaban J connectivity index is 2.58. The molecule has 1 saturated heterocycles. The maximum Gasteiger partial charge on any atom is 0.189 e. The Morgan fingerprint density at radius 1 is 1.80 bits per heavy atom. The van der Waals surface area contributed by atoms with Gasteiger partial charge in [-0.2, -0.15) is 0 Å². The Morgan fingerprint density at radius 3 is 2.90 bits per heavy atom. The number of ether oxygens (including phenoxy) is 1. The molecule has 0 radical (unpaired) electrons. The number of aliphatic hydroxyl groups excluding tert-OH is 1. The van der Waals surface area contributed by atoms with E-state index >= 15 is 0 Å². The number of ketones is 1. The molecular weight excluding hydrogens is 132 g/mol. The molecule has 1 N–H and O–H groups in total. The molecule has 10 heavy (non-hydrogen) atoms. The molecular formula is C7H12O3. The largest absolute Gasteiger partial charge is 0.388 e. The van der Waals surface area contributed by atoms with Crippen molar-refractivity contribution < 1.29 is 14.6 Å². The summed E-state index contributed by atoms with van der Waals surface area (Å²) >= 11 is 0. The molecule has 0 amide bonds. The number of carbonyl (C=O) groups excluding carboxylic acids is 1. The van der Waals surface area contributed by atoms with Crippen molar-refractivity contribution in [2.75, 3.05) is 13.2 Å². The van der Waals surface area contributed by atoms with Gasteiger partial charge in [0.25, 0.3) is 0 Å². The minimum absolute atomic E-state index is 0.204. The van der Waals surface area contributed by atoms with Gasteiger partial charge in [-0.3, -0.25) is 4.79 Å². The van der Waals surface area contributed by atoms with Crippen LogP contribution >= 0.6 is 0 Å². The lowest BCUT2D eigenvalue weighted by Gasteiger charge is -2.19. The average molecular weight is 144 g/mol. The number of Topliss-reactive ketones (excluding diaryl/α,β-unsaturated/α-hetero) is 1. The molecule has 0 aromatic rings. The SMILES string of the molecule is CC1(C(=O)CO)CCCO1. The van der Waals surface area contributed by atoms with Crippen molar-refractivity contribution in [1.82, 2.24) is 0 Å². The van der Waals surface area contributed by atoms with Crippen LogP contribution in [0, 0.1) is 0 Å². The minimum Gasteiger partial charge on any atom is -0.388 e. The van der Waals surface area contributed by atoms with E-state index in [0.29, 0.717) is 6.61 Å². The average Bonchev–Trinajstić information content (AvgIpc) is 2.36. The second-order valence-corrected chi connectivity index (χ2v) is 2.76. The summed E-state index contributed by atoms with van der Waals surface area (Å²) in [5.74, 6) is -0.204. The molecule has 0 aliphatic carbocycles. The Kier molecular flexibility index (Phi) is 2.06. The van der Waals surface area contributed by atoms with Gasteiger partial charge in [0.05, 0.1) is 0 Å². The maximum absolute atomic E-state index is 11.0. The van der Waals surface area contributed by atoms with E-state index in [1.807, 2.05) is 0 Å². The fourth-order valence-corrected chi connectivity index (χ4v) is 1.17. The third kappa shape index (κ3) is 1.20. The summed E-state index contributed by atoms with van der Waals surface area (Å²) in [4.78, 5) is 11.0. The summed E-state index contributed by atoms with van der Waals surface area (Å²) < 4.78 is 5.18. The van der Waals surface area contributed by atoms with Gasteiger partial charge in [0.1, 0.15) is 12.2 Å². The molecule has 0 saturated carbocycles. The van der Waals surface area contributed by atoms with Gasteiger partial charge in [0.2, 0.25) is 0 Å². The topological polar surface area (TPSA) is 46.5 Å². The molecule has 0 aromatic heterocycles. The summed E-state index contributed by atoms with van der Waals surface area (Å²) in [6.07, 6.45) is 1.66. The fourth-order valence-electron chi connectivity index (χ4n) is 1.17. The van der Waals surface area contributed by atoms with Crippen LogP contribution in [0.15, 0.2) is 0 Å². The molecule has 3 nitrogen and oxygen atoms in total. The van der Waals surface area contributed by atoms with Crippen molar-refractivity contribution in [2.24, 2.45) is 0 Å². The van der Waals surface area contributed by atoms with Crippen LogP contribution in [0.5, 0.6) is 0 Å². The predicted molar refractivity (Wildman–Crippen MR) is 35.7 cm³/mol. The molecule has 1 aliphatic heterocycles. The lowest BCUT2D eigenvalue weighted by Crippen LogP contribution is -2.36. The number of carbonyl (C=O) groups is 1. The minimum atomic E-state index is -0.686. The van der Waals surface area contributed by atoms with E-state index in [0.717, 1.165) is 12.8 Å². The van der Waals surface area contributed by atoms with Crippen molar-refractivity contribution in [3.8, 4) is 0 Å². The molecule has 1 atom stereocenters. The van der Waals surface area contributed by atoms with Crippen molar-refractivity contribution in [2.45, 2.75) is 25.4 Å². The summed E-state index contributed by atoms with van der Waals surface area (Å²) in [5, 5.41) is 8.53. The molecule has 0 aromatic carbocycles. The molecule has 0 spiro atoms. The highest BCUT2D eigenvalue weighted by atomic mass is 16.5. The smallest absolute Gasteiger partial charge is 0.189 e. The van der Waals surface area contributed by atoms with E-state index in [1.165, 1.54) is 0 Å². The third-order valence-corrected chi connectivity index (χ3v) is 1.95. The molecule has 0 bridgehead atoms. The standard InChI is InChI=1S/C7H12O3/c1-7(6(9)5-8)3-2-4-10-7/h8H,2-5H2,1H3. The first kappa shape index (κ1) is 7.69. The first-order valence-corrected chi connectivity index (χ1v) is 3.47. The molecule has 1 heterocycles. The molecule has 58 valence electrons. The zero-order valence-corrected chi connectivity index (χ0v) is 6.09. The summed E-state index contributed by atoms with van der Waals surface area (Å²) in [7, 11) is 0. The Bertz CT molecular complexity index is 136. The van der Waals surface area contributed by atoms with Gasteiger partial charge >= 0.3 is 0 Å². The summed E-state index contributed by atoms with van der Waals surface area (Å²) in [6, 6.07) is 0. The van der Waals surface area contributed by atoms with Gasteiger partial charge in [-0.25, -0.2) is 0 Å². The highest BCUT2D eigenvalue weighted by Crippen LogP contribution is 2.25. The Hall–Kier alpha value is -0.410. The maximum atomic E-state index is 11.0. The van der Waals surface area contributed by atoms with Gasteiger partial charge in [0, 0.05) is 6.61 Å². The van der Waals surface area contributed by atoms with E-state index in [1.54, 1.807) is 6.92 Å². The van der Waals surface area contributed by atoms with Crippen molar-refractivity contribution in [3.63, 3.8) is 0 Å². The van der Waals surface area contributed by atoms with Crippen molar-refractivity contribution in [3.05, 3.63) is 0 Å². The first-order valence-electron chi connectivity index (χ1n) is 3.47. The zero-order chi connectivity index (χ0) is 7.61. The first-order chi connectivity index (χ1) is 4.69. The van der Waals surface area contributed by atoms with E-state index in [9.17, 15) is 4.79 Å². The van der Waals surface area contributed by atoms with Gasteiger partial charge in [-0.1, -0.05) is 0 Å². The number of rotatable bonds is 2. The summed E-state index contributed by atoms with van der Waals surface area (Å²) in [6.45, 7) is 1.97. The van der Waals surface area contributed by atoms with Crippen LogP contribution in [0.4, 0.5) is 0 Å². The van der Waals surface area contributed by atoms with E-state index in [2.05, 4.69) is 0 Å². The summed E-state index contributed by atoms with van der Waals surface area (Å²) in [5.41, 5.74) is -0.686. The molecule has 1 aliphatic rings. The predicted octanol–water partition coefficient (Wildman–Crippen LogP) is 0.117. The highest BCUT2D eigenvalue weighted by Gasteiger charge is 2.36. The van der Waals surface area contributed by atoms with Crippen LogP contribution in [0.3, 0.4) is 0 Å². The Labute approximate surface area is 60.0 Å².